The molecule has 2 amide bonds. The second-order valence-electron chi connectivity index (χ2n) is 10.9. The quantitative estimate of drug-likeness (QED) is 0.323. The van der Waals surface area contributed by atoms with Crippen molar-refractivity contribution in [3.05, 3.63) is 23.8 Å². The number of carboxylic acid groups (broad SMARTS) is 1. The van der Waals surface area contributed by atoms with Gasteiger partial charge in [-0.05, 0) is 56.0 Å². The average Bonchev–Trinajstić information content (AvgIpc) is 3.55. The summed E-state index contributed by atoms with van der Waals surface area (Å²) >= 11 is 0. The molecule has 2 aliphatic heterocycles. The Bertz CT molecular complexity index is 962. The molecule has 3 atom stereocenters. The first-order valence-electron chi connectivity index (χ1n) is 14.3. The van der Waals surface area contributed by atoms with Gasteiger partial charge < -0.3 is 29.5 Å². The van der Waals surface area contributed by atoms with Gasteiger partial charge in [0.05, 0.1) is 19.3 Å². The summed E-state index contributed by atoms with van der Waals surface area (Å²) in [4.78, 5) is 42.3. The third-order valence-corrected chi connectivity index (χ3v) is 7.12. The number of hydrogen-bond donors (Lipinski definition) is 2. The molecule has 218 valence electrons. The van der Waals surface area contributed by atoms with E-state index < -0.39 is 24.2 Å². The molecular weight excluding hydrogens is 502 g/mol. The van der Waals surface area contributed by atoms with Crippen molar-refractivity contribution in [3.63, 3.8) is 0 Å². The molecule has 10 heteroatoms. The molecule has 1 fully saturated rings. The largest absolute Gasteiger partial charge is 0.480 e. The lowest BCUT2D eigenvalue weighted by Gasteiger charge is -2.29. The fourth-order valence-corrected chi connectivity index (χ4v) is 5.01. The first-order valence-corrected chi connectivity index (χ1v) is 14.3. The third-order valence-electron chi connectivity index (χ3n) is 7.12. The number of fused-ring (bicyclic) bond motifs is 1. The Morgan fingerprint density at radius 1 is 1.13 bits per heavy atom. The zero-order valence-corrected chi connectivity index (χ0v) is 23.8. The van der Waals surface area contributed by atoms with Gasteiger partial charge in [-0.3, -0.25) is 14.5 Å². The summed E-state index contributed by atoms with van der Waals surface area (Å²) in [5.74, 6) is -0.176. The second kappa shape index (κ2) is 15.1. The van der Waals surface area contributed by atoms with Crippen LogP contribution in [-0.4, -0.2) is 83.8 Å². The van der Waals surface area contributed by atoms with Crippen LogP contribution >= 0.6 is 0 Å². The van der Waals surface area contributed by atoms with Gasteiger partial charge in [0.15, 0.2) is 11.5 Å². The summed E-state index contributed by atoms with van der Waals surface area (Å²) in [5, 5.41) is 12.8. The first-order chi connectivity index (χ1) is 18.7. The van der Waals surface area contributed by atoms with Gasteiger partial charge >= 0.3 is 5.97 Å². The second-order valence-corrected chi connectivity index (χ2v) is 10.9. The van der Waals surface area contributed by atoms with Gasteiger partial charge in [0.1, 0.15) is 12.1 Å². The lowest BCUT2D eigenvalue weighted by atomic mass is 10.0. The van der Waals surface area contributed by atoms with Crippen LogP contribution in [0.1, 0.15) is 71.8 Å². The molecule has 2 aliphatic rings. The topological polar surface area (TPSA) is 118 Å². The number of aliphatic carboxylic acids is 1. The van der Waals surface area contributed by atoms with Crippen LogP contribution in [0.2, 0.25) is 0 Å². The number of nitrogens with one attached hydrogen (secondary N) is 1. The first kappa shape index (κ1) is 30.7. The molecule has 1 aromatic rings. The van der Waals surface area contributed by atoms with E-state index in [4.69, 9.17) is 14.2 Å². The van der Waals surface area contributed by atoms with Crippen molar-refractivity contribution in [3.8, 4) is 11.5 Å². The number of ether oxygens (including phenoxy) is 3. The minimum Gasteiger partial charge on any atom is -0.480 e. The Kier molecular flexibility index (Phi) is 11.9. The van der Waals surface area contributed by atoms with Gasteiger partial charge in [-0.2, -0.15) is 0 Å². The van der Waals surface area contributed by atoms with Gasteiger partial charge in [0.25, 0.3) is 0 Å². The number of carbonyl (C=O) groups excluding carboxylic acids is 2. The lowest BCUT2D eigenvalue weighted by Crippen LogP contribution is -2.53. The van der Waals surface area contributed by atoms with Crippen LogP contribution in [0, 0.1) is 5.92 Å². The van der Waals surface area contributed by atoms with Crippen LogP contribution in [0.4, 0.5) is 0 Å². The molecule has 3 rings (SSSR count). The summed E-state index contributed by atoms with van der Waals surface area (Å²) in [6, 6.07) is 3.74. The van der Waals surface area contributed by atoms with E-state index in [0.717, 1.165) is 44.3 Å². The molecule has 39 heavy (non-hydrogen) atoms. The SMILES string of the molecule is CCCCN(CCCC)CC(=O)NC(CC(C)C)C(=O)N1C[C@H](OCc2ccc3c(c2)OCO3)C[C@H]1C(=O)O. The number of carbonyl (C=O) groups is 3. The molecule has 0 bridgehead atoms. The fraction of sp³-hybridized carbons (Fsp3) is 0.690. The normalized spacial score (nSPS) is 19.1. The average molecular weight is 548 g/mol. The Labute approximate surface area is 232 Å². The molecule has 0 saturated carbocycles. The molecule has 0 aliphatic carbocycles. The number of hydrogen-bond acceptors (Lipinski definition) is 7. The van der Waals surface area contributed by atoms with Crippen molar-refractivity contribution >= 4 is 17.8 Å². The van der Waals surface area contributed by atoms with Gasteiger partial charge in [-0.15, -0.1) is 0 Å². The molecule has 0 radical (unpaired) electrons. The Morgan fingerprint density at radius 3 is 2.46 bits per heavy atom. The molecule has 0 spiro atoms. The van der Waals surface area contributed by atoms with Crippen LogP contribution in [0.5, 0.6) is 11.5 Å². The standard InChI is InChI=1S/C29H45N3O7/c1-5-7-11-31(12-8-6-2)17-27(33)30-23(13-20(3)4)28(34)32-16-22(15-24(32)29(35)36)37-18-21-9-10-25-26(14-21)39-19-38-25/h9-10,14,20,22-24H,5-8,11-13,15-19H2,1-4H3,(H,30,33)(H,35,36)/t22-,23?,24+/m1/s1. The maximum atomic E-state index is 13.7. The maximum Gasteiger partial charge on any atom is 0.326 e. The summed E-state index contributed by atoms with van der Waals surface area (Å²) in [6.45, 7) is 10.7. The summed E-state index contributed by atoms with van der Waals surface area (Å²) in [7, 11) is 0. The Balaban J connectivity index is 1.63. The van der Waals surface area contributed by atoms with E-state index in [0.29, 0.717) is 17.9 Å². The van der Waals surface area contributed by atoms with Crippen molar-refractivity contribution in [1.82, 2.24) is 15.1 Å². The number of rotatable bonds is 16. The molecule has 10 nitrogen and oxygen atoms in total. The van der Waals surface area contributed by atoms with Crippen LogP contribution < -0.4 is 14.8 Å². The molecule has 1 saturated heterocycles. The van der Waals surface area contributed by atoms with E-state index in [1.165, 1.54) is 4.90 Å². The van der Waals surface area contributed by atoms with E-state index >= 15 is 0 Å². The van der Waals surface area contributed by atoms with Crippen molar-refractivity contribution < 1.29 is 33.7 Å². The minimum atomic E-state index is -1.07. The maximum absolute atomic E-state index is 13.7. The number of carboxylic acids is 1. The van der Waals surface area contributed by atoms with Gasteiger partial charge in [0.2, 0.25) is 18.6 Å². The summed E-state index contributed by atoms with van der Waals surface area (Å²) < 4.78 is 16.8. The van der Waals surface area contributed by atoms with Crippen LogP contribution in [0.3, 0.4) is 0 Å². The molecular formula is C29H45N3O7. The Hall–Kier alpha value is -2.85. The fourth-order valence-electron chi connectivity index (χ4n) is 5.01. The van der Waals surface area contributed by atoms with E-state index in [-0.39, 0.29) is 50.6 Å². The van der Waals surface area contributed by atoms with Crippen molar-refractivity contribution in [2.75, 3.05) is 33.0 Å². The third kappa shape index (κ3) is 9.10. The molecule has 0 aromatic heterocycles. The number of likely N-dealkylation sites (tertiary alicyclic amines) is 1. The van der Waals surface area contributed by atoms with Crippen LogP contribution in [0.15, 0.2) is 18.2 Å². The van der Waals surface area contributed by atoms with Gasteiger partial charge in [0, 0.05) is 13.0 Å². The molecule has 2 heterocycles. The predicted octanol–water partition coefficient (Wildman–Crippen LogP) is 3.42. The van der Waals surface area contributed by atoms with Crippen molar-refractivity contribution in [1.29, 1.82) is 0 Å². The van der Waals surface area contributed by atoms with E-state index in [1.54, 1.807) is 0 Å². The van der Waals surface area contributed by atoms with E-state index in [1.807, 2.05) is 32.0 Å². The van der Waals surface area contributed by atoms with E-state index in [2.05, 4.69) is 24.1 Å². The summed E-state index contributed by atoms with van der Waals surface area (Å²) in [5.41, 5.74) is 0.872. The van der Waals surface area contributed by atoms with Crippen molar-refractivity contribution in [2.45, 2.75) is 91.0 Å². The highest BCUT2D eigenvalue weighted by molar-refractivity contribution is 5.91. The Morgan fingerprint density at radius 2 is 1.82 bits per heavy atom. The van der Waals surface area contributed by atoms with E-state index in [9.17, 15) is 19.5 Å². The minimum absolute atomic E-state index is 0.138. The van der Waals surface area contributed by atoms with Gasteiger partial charge in [-0.1, -0.05) is 46.6 Å². The van der Waals surface area contributed by atoms with Gasteiger partial charge in [-0.25, -0.2) is 4.79 Å². The smallest absolute Gasteiger partial charge is 0.326 e. The number of unbranched alkanes of at least 4 members (excludes halogenated alkanes) is 2. The number of nitrogens with zero attached hydrogens (tertiary/aromatic N) is 2. The highest BCUT2D eigenvalue weighted by atomic mass is 16.7. The van der Waals surface area contributed by atoms with Crippen LogP contribution in [-0.2, 0) is 25.7 Å². The highest BCUT2D eigenvalue weighted by Gasteiger charge is 2.42. The van der Waals surface area contributed by atoms with Crippen molar-refractivity contribution in [2.24, 2.45) is 5.92 Å². The molecule has 2 N–H and O–H groups in total. The molecule has 1 aromatic carbocycles. The predicted molar refractivity (Wildman–Crippen MR) is 147 cm³/mol. The summed E-state index contributed by atoms with van der Waals surface area (Å²) in [6.07, 6.45) is 4.29. The highest BCUT2D eigenvalue weighted by Crippen LogP contribution is 2.33. The number of benzene rings is 1. The monoisotopic (exact) mass is 547 g/mol. The molecule has 1 unspecified atom stereocenters. The number of amides is 2. The van der Waals surface area contributed by atoms with Crippen LogP contribution in [0.25, 0.3) is 0 Å². The lowest BCUT2D eigenvalue weighted by molar-refractivity contribution is -0.149. The zero-order chi connectivity index (χ0) is 28.4. The zero-order valence-electron chi connectivity index (χ0n) is 23.8.